The van der Waals surface area contributed by atoms with Crippen LogP contribution in [0.3, 0.4) is 0 Å². The second-order valence-electron chi connectivity index (χ2n) is 3.14. The lowest BCUT2D eigenvalue weighted by molar-refractivity contribution is 0.301. The smallest absolute Gasteiger partial charge is 0.264 e. The van der Waals surface area contributed by atoms with Crippen LogP contribution in [0.15, 0.2) is 18.2 Å². The average molecular weight is 246 g/mol. The molecule has 0 spiro atoms. The molecule has 90 valence electrons. The van der Waals surface area contributed by atoms with E-state index in [1.807, 2.05) is 0 Å². The molecule has 0 fully saturated rings. The first kappa shape index (κ1) is 12.8. The van der Waals surface area contributed by atoms with E-state index in [1.54, 1.807) is 25.3 Å². The van der Waals surface area contributed by atoms with Crippen molar-refractivity contribution in [3.05, 3.63) is 23.8 Å². The molecule has 5 nitrogen and oxygen atoms in total. The molecule has 0 saturated heterocycles. The van der Waals surface area contributed by atoms with Gasteiger partial charge in [-0.3, -0.25) is 4.18 Å². The van der Waals surface area contributed by atoms with E-state index in [-0.39, 0.29) is 6.61 Å². The van der Waals surface area contributed by atoms with Crippen LogP contribution in [-0.4, -0.2) is 28.9 Å². The van der Waals surface area contributed by atoms with Gasteiger partial charge in [0, 0.05) is 11.6 Å². The van der Waals surface area contributed by atoms with E-state index >= 15 is 0 Å². The number of hydrogen-bond donors (Lipinski definition) is 0. The van der Waals surface area contributed by atoms with Crippen molar-refractivity contribution < 1.29 is 22.1 Å². The molecular formula is C10H14O5S. The van der Waals surface area contributed by atoms with Crippen LogP contribution in [0.1, 0.15) is 5.56 Å². The molecule has 0 N–H and O–H groups in total. The van der Waals surface area contributed by atoms with Gasteiger partial charge in [0.25, 0.3) is 10.1 Å². The molecule has 0 aliphatic heterocycles. The van der Waals surface area contributed by atoms with Crippen LogP contribution in [0, 0.1) is 0 Å². The van der Waals surface area contributed by atoms with E-state index in [0.717, 1.165) is 6.26 Å². The van der Waals surface area contributed by atoms with Crippen molar-refractivity contribution in [1.82, 2.24) is 0 Å². The molecule has 0 aromatic heterocycles. The lowest BCUT2D eigenvalue weighted by Gasteiger charge is -2.09. The van der Waals surface area contributed by atoms with E-state index < -0.39 is 10.1 Å². The molecule has 0 unspecified atom stereocenters. The van der Waals surface area contributed by atoms with Crippen molar-refractivity contribution >= 4 is 10.1 Å². The molecule has 0 heterocycles. The summed E-state index contributed by atoms with van der Waals surface area (Å²) < 4.78 is 36.5. The Bertz CT molecular complexity index is 452. The van der Waals surface area contributed by atoms with Crippen LogP contribution in [0.5, 0.6) is 11.5 Å². The molecule has 1 rings (SSSR count). The predicted octanol–water partition coefficient (Wildman–Crippen LogP) is 1.18. The first-order valence-electron chi connectivity index (χ1n) is 4.51. The molecule has 0 saturated carbocycles. The van der Waals surface area contributed by atoms with Gasteiger partial charge in [0.1, 0.15) is 11.5 Å². The molecule has 0 atom stereocenters. The maximum absolute atomic E-state index is 10.8. The number of ether oxygens (including phenoxy) is 2. The van der Waals surface area contributed by atoms with Gasteiger partial charge in [-0.15, -0.1) is 0 Å². The van der Waals surface area contributed by atoms with Crippen LogP contribution < -0.4 is 9.47 Å². The lowest BCUT2D eigenvalue weighted by atomic mass is 10.2. The highest BCUT2D eigenvalue weighted by atomic mass is 32.2. The summed E-state index contributed by atoms with van der Waals surface area (Å²) in [4.78, 5) is 0. The summed E-state index contributed by atoms with van der Waals surface area (Å²) in [6.45, 7) is -0.0496. The Balaban J connectivity index is 2.87. The van der Waals surface area contributed by atoms with Crippen LogP contribution >= 0.6 is 0 Å². The fraction of sp³-hybridized carbons (Fsp3) is 0.400. The SMILES string of the molecule is COc1ccc(COS(C)(=O)=O)c(OC)c1. The molecule has 1 aromatic rings. The van der Waals surface area contributed by atoms with Gasteiger partial charge >= 0.3 is 0 Å². The zero-order valence-corrected chi connectivity index (χ0v) is 10.2. The Morgan fingerprint density at radius 2 is 1.88 bits per heavy atom. The molecule has 16 heavy (non-hydrogen) atoms. The predicted molar refractivity (Wildman–Crippen MR) is 59.2 cm³/mol. The second kappa shape index (κ2) is 5.18. The number of methoxy groups -OCH3 is 2. The van der Waals surface area contributed by atoms with Crippen molar-refractivity contribution in [1.29, 1.82) is 0 Å². The minimum Gasteiger partial charge on any atom is -0.497 e. The van der Waals surface area contributed by atoms with E-state index in [4.69, 9.17) is 9.47 Å². The third-order valence-corrected chi connectivity index (χ3v) is 2.47. The molecule has 6 heteroatoms. The summed E-state index contributed by atoms with van der Waals surface area (Å²) in [6.07, 6.45) is 1.00. The molecule has 1 aromatic carbocycles. The summed E-state index contributed by atoms with van der Waals surface area (Å²) in [5.74, 6) is 1.17. The summed E-state index contributed by atoms with van der Waals surface area (Å²) >= 11 is 0. The van der Waals surface area contributed by atoms with Gasteiger partial charge in [-0.25, -0.2) is 0 Å². The van der Waals surface area contributed by atoms with Crippen molar-refractivity contribution in [3.63, 3.8) is 0 Å². The summed E-state index contributed by atoms with van der Waals surface area (Å²) in [5.41, 5.74) is 0.647. The van der Waals surface area contributed by atoms with E-state index in [9.17, 15) is 8.42 Å². The number of hydrogen-bond acceptors (Lipinski definition) is 5. The molecule has 0 radical (unpaired) electrons. The largest absolute Gasteiger partial charge is 0.497 e. The van der Waals surface area contributed by atoms with Crippen LogP contribution in [0.4, 0.5) is 0 Å². The van der Waals surface area contributed by atoms with Crippen molar-refractivity contribution in [2.75, 3.05) is 20.5 Å². The standard InChI is InChI=1S/C10H14O5S/c1-13-9-5-4-8(10(6-9)14-2)7-15-16(3,11)12/h4-6H,7H2,1-3H3. The lowest BCUT2D eigenvalue weighted by Crippen LogP contribution is -2.04. The fourth-order valence-corrected chi connectivity index (χ4v) is 1.48. The first-order chi connectivity index (χ1) is 7.46. The number of benzene rings is 1. The monoisotopic (exact) mass is 246 g/mol. The minimum atomic E-state index is -3.45. The summed E-state index contributed by atoms with van der Waals surface area (Å²) in [6, 6.07) is 5.08. The zero-order valence-electron chi connectivity index (χ0n) is 9.39. The summed E-state index contributed by atoms with van der Waals surface area (Å²) in [7, 11) is -0.408. The first-order valence-corrected chi connectivity index (χ1v) is 6.33. The highest BCUT2D eigenvalue weighted by Gasteiger charge is 2.08. The topological polar surface area (TPSA) is 61.8 Å². The Hall–Kier alpha value is -1.27. The molecule has 0 aliphatic carbocycles. The molecule has 0 amide bonds. The van der Waals surface area contributed by atoms with E-state index in [1.165, 1.54) is 7.11 Å². The van der Waals surface area contributed by atoms with Gasteiger partial charge in [-0.1, -0.05) is 0 Å². The van der Waals surface area contributed by atoms with E-state index in [0.29, 0.717) is 17.1 Å². The average Bonchev–Trinajstić information content (AvgIpc) is 2.25. The Kier molecular flexibility index (Phi) is 4.14. The Morgan fingerprint density at radius 1 is 1.19 bits per heavy atom. The minimum absolute atomic E-state index is 0.0496. The zero-order chi connectivity index (χ0) is 12.2. The maximum atomic E-state index is 10.8. The number of rotatable bonds is 5. The van der Waals surface area contributed by atoms with Gasteiger partial charge in [-0.2, -0.15) is 8.42 Å². The van der Waals surface area contributed by atoms with Crippen LogP contribution in [0.25, 0.3) is 0 Å². The second-order valence-corrected chi connectivity index (χ2v) is 4.79. The van der Waals surface area contributed by atoms with Crippen molar-refractivity contribution in [2.24, 2.45) is 0 Å². The maximum Gasteiger partial charge on any atom is 0.264 e. The normalized spacial score (nSPS) is 11.2. The Morgan fingerprint density at radius 3 is 2.38 bits per heavy atom. The van der Waals surface area contributed by atoms with Gasteiger partial charge in [0.15, 0.2) is 0 Å². The van der Waals surface area contributed by atoms with Gasteiger partial charge in [-0.05, 0) is 12.1 Å². The van der Waals surface area contributed by atoms with Crippen LogP contribution in [0.2, 0.25) is 0 Å². The van der Waals surface area contributed by atoms with E-state index in [2.05, 4.69) is 4.18 Å². The van der Waals surface area contributed by atoms with Gasteiger partial charge in [0.05, 0.1) is 27.1 Å². The molecule has 0 bridgehead atoms. The van der Waals surface area contributed by atoms with Crippen LogP contribution in [-0.2, 0) is 20.9 Å². The van der Waals surface area contributed by atoms with Gasteiger partial charge < -0.3 is 9.47 Å². The highest BCUT2D eigenvalue weighted by molar-refractivity contribution is 7.85. The molecular weight excluding hydrogens is 232 g/mol. The van der Waals surface area contributed by atoms with Crippen molar-refractivity contribution in [2.45, 2.75) is 6.61 Å². The third kappa shape index (κ3) is 3.71. The fourth-order valence-electron chi connectivity index (χ4n) is 1.14. The quantitative estimate of drug-likeness (QED) is 0.730. The highest BCUT2D eigenvalue weighted by Crippen LogP contribution is 2.25. The molecule has 0 aliphatic rings. The third-order valence-electron chi connectivity index (χ3n) is 1.92. The van der Waals surface area contributed by atoms with Gasteiger partial charge in [0.2, 0.25) is 0 Å². The summed E-state index contributed by atoms with van der Waals surface area (Å²) in [5, 5.41) is 0. The Labute approximate surface area is 95.1 Å². The van der Waals surface area contributed by atoms with Crippen molar-refractivity contribution in [3.8, 4) is 11.5 Å².